The van der Waals surface area contributed by atoms with Crippen LogP contribution in [0.1, 0.15) is 17.6 Å². The molecule has 0 radical (unpaired) electrons. The third kappa shape index (κ3) is 4.38. The molecule has 0 aliphatic carbocycles. The molecule has 6 heteroatoms. The lowest BCUT2D eigenvalue weighted by atomic mass is 10.4. The lowest BCUT2D eigenvalue weighted by Gasteiger charge is -2.11. The minimum Gasteiger partial charge on any atom is -0.355 e. The van der Waals surface area contributed by atoms with Gasteiger partial charge in [-0.1, -0.05) is 6.92 Å². The number of aliphatic imine (C=N–C) groups is 1. The molecule has 2 N–H and O–H groups in total. The van der Waals surface area contributed by atoms with Gasteiger partial charge in [-0.05, 0) is 18.6 Å². The highest BCUT2D eigenvalue weighted by atomic mass is 32.1. The van der Waals surface area contributed by atoms with E-state index in [1.54, 1.807) is 18.4 Å². The second-order valence-electron chi connectivity index (χ2n) is 4.36. The van der Waals surface area contributed by atoms with E-state index in [4.69, 9.17) is 0 Å². The number of nitrogens with one attached hydrogen (secondary N) is 2. The smallest absolute Gasteiger partial charge is 0.191 e. The summed E-state index contributed by atoms with van der Waals surface area (Å²) in [6, 6.07) is 4.06. The van der Waals surface area contributed by atoms with Gasteiger partial charge in [0.25, 0.3) is 0 Å². The second-order valence-corrected chi connectivity index (χ2v) is 5.30. The first-order chi connectivity index (χ1) is 9.81. The van der Waals surface area contributed by atoms with Crippen LogP contribution < -0.4 is 10.6 Å². The number of hydrogen-bond donors (Lipinski definition) is 2. The van der Waals surface area contributed by atoms with Crippen LogP contribution in [0.5, 0.6) is 0 Å². The van der Waals surface area contributed by atoms with Gasteiger partial charge in [0, 0.05) is 37.9 Å². The van der Waals surface area contributed by atoms with Crippen molar-refractivity contribution in [2.24, 2.45) is 4.99 Å². The van der Waals surface area contributed by atoms with E-state index >= 15 is 0 Å². The molecule has 2 heterocycles. The van der Waals surface area contributed by atoms with Crippen molar-refractivity contribution in [2.45, 2.75) is 26.4 Å². The quantitative estimate of drug-likeness (QED) is 0.631. The number of nitrogens with zero attached hydrogens (tertiary/aromatic N) is 3. The molecule has 2 aromatic heterocycles. The molecule has 0 aliphatic heterocycles. The van der Waals surface area contributed by atoms with Gasteiger partial charge < -0.3 is 15.2 Å². The molecule has 0 bridgehead atoms. The van der Waals surface area contributed by atoms with Crippen molar-refractivity contribution in [1.82, 2.24) is 20.2 Å². The molecule has 20 heavy (non-hydrogen) atoms. The van der Waals surface area contributed by atoms with E-state index in [0.29, 0.717) is 6.54 Å². The van der Waals surface area contributed by atoms with E-state index in [1.165, 1.54) is 5.01 Å². The van der Waals surface area contributed by atoms with E-state index in [0.717, 1.165) is 31.2 Å². The Bertz CT molecular complexity index is 530. The minimum atomic E-state index is 0.708. The lowest BCUT2D eigenvalue weighted by Crippen LogP contribution is -2.38. The first kappa shape index (κ1) is 14.6. The van der Waals surface area contributed by atoms with E-state index in [1.807, 2.05) is 12.1 Å². The highest BCUT2D eigenvalue weighted by Gasteiger charge is 2.02. The molecule has 0 saturated heterocycles. The summed E-state index contributed by atoms with van der Waals surface area (Å²) in [5.74, 6) is 0.809. The number of rotatable bonds is 6. The highest BCUT2D eigenvalue weighted by Crippen LogP contribution is 2.09. The monoisotopic (exact) mass is 291 g/mol. The van der Waals surface area contributed by atoms with Crippen molar-refractivity contribution in [1.29, 1.82) is 0 Å². The van der Waals surface area contributed by atoms with Crippen LogP contribution in [0.15, 0.2) is 34.9 Å². The third-order valence-electron chi connectivity index (χ3n) is 2.89. The van der Waals surface area contributed by atoms with Crippen molar-refractivity contribution >= 4 is 17.3 Å². The van der Waals surface area contributed by atoms with Crippen molar-refractivity contribution in [3.63, 3.8) is 0 Å². The minimum absolute atomic E-state index is 0.708. The average molecular weight is 291 g/mol. The zero-order valence-corrected chi connectivity index (χ0v) is 12.8. The van der Waals surface area contributed by atoms with Crippen LogP contribution in [-0.2, 0) is 19.5 Å². The Labute approximate surface area is 123 Å². The Morgan fingerprint density at radius 1 is 1.35 bits per heavy atom. The molecule has 0 spiro atoms. The van der Waals surface area contributed by atoms with Gasteiger partial charge in [-0.15, -0.1) is 11.3 Å². The van der Waals surface area contributed by atoms with Crippen molar-refractivity contribution in [3.8, 4) is 0 Å². The summed E-state index contributed by atoms with van der Waals surface area (Å²) in [5.41, 5.74) is 1.07. The summed E-state index contributed by atoms with van der Waals surface area (Å²) in [6.07, 6.45) is 5.10. The number of aryl methyl sites for hydroxylation is 1. The molecule has 2 rings (SSSR count). The largest absolute Gasteiger partial charge is 0.355 e. The fourth-order valence-electron chi connectivity index (χ4n) is 1.81. The Kier molecular flexibility index (Phi) is 5.61. The maximum absolute atomic E-state index is 4.53. The van der Waals surface area contributed by atoms with Gasteiger partial charge in [0.1, 0.15) is 0 Å². The summed E-state index contributed by atoms with van der Waals surface area (Å²) in [5, 5.41) is 9.84. The number of aromatic nitrogens is 2. The van der Waals surface area contributed by atoms with Gasteiger partial charge in [0.2, 0.25) is 0 Å². The Balaban J connectivity index is 1.72. The molecule has 5 nitrogen and oxygen atoms in total. The second kappa shape index (κ2) is 7.69. The van der Waals surface area contributed by atoms with Crippen molar-refractivity contribution in [3.05, 3.63) is 40.6 Å². The third-order valence-corrected chi connectivity index (χ3v) is 3.93. The molecular weight excluding hydrogens is 270 g/mol. The van der Waals surface area contributed by atoms with Crippen LogP contribution in [0.3, 0.4) is 0 Å². The van der Waals surface area contributed by atoms with Crippen LogP contribution in [0.2, 0.25) is 0 Å². The van der Waals surface area contributed by atoms with E-state index in [2.05, 4.69) is 49.9 Å². The summed E-state index contributed by atoms with van der Waals surface area (Å²) < 4.78 is 2.13. The SMILES string of the molecule is CCc1nc(CNC(=NC)NCCn2cccc2)cs1. The number of thiazole rings is 1. The van der Waals surface area contributed by atoms with E-state index in [9.17, 15) is 0 Å². The maximum atomic E-state index is 4.53. The zero-order valence-electron chi connectivity index (χ0n) is 12.0. The maximum Gasteiger partial charge on any atom is 0.191 e. The summed E-state index contributed by atoms with van der Waals surface area (Å²) >= 11 is 1.71. The molecule has 0 saturated carbocycles. The van der Waals surface area contributed by atoms with Crippen LogP contribution in [-0.4, -0.2) is 29.1 Å². The molecule has 0 unspecified atom stereocenters. The van der Waals surface area contributed by atoms with Gasteiger partial charge in [-0.2, -0.15) is 0 Å². The number of hydrogen-bond acceptors (Lipinski definition) is 3. The number of guanidine groups is 1. The standard InChI is InChI=1S/C14H21N5S/c1-3-13-18-12(11-20-13)10-17-14(15-2)16-6-9-19-7-4-5-8-19/h4-5,7-8,11H,3,6,9-10H2,1-2H3,(H2,15,16,17). The average Bonchev–Trinajstić information content (AvgIpc) is 3.13. The molecule has 0 aromatic carbocycles. The van der Waals surface area contributed by atoms with Crippen molar-refractivity contribution in [2.75, 3.05) is 13.6 Å². The van der Waals surface area contributed by atoms with Crippen molar-refractivity contribution < 1.29 is 0 Å². The lowest BCUT2D eigenvalue weighted by molar-refractivity contribution is 0.664. The van der Waals surface area contributed by atoms with Gasteiger partial charge >= 0.3 is 0 Å². The topological polar surface area (TPSA) is 54.2 Å². The fraction of sp³-hybridized carbons (Fsp3) is 0.429. The van der Waals surface area contributed by atoms with Crippen LogP contribution >= 0.6 is 11.3 Å². The Morgan fingerprint density at radius 2 is 2.15 bits per heavy atom. The first-order valence-electron chi connectivity index (χ1n) is 6.80. The Hall–Kier alpha value is -1.82. The predicted molar refractivity (Wildman–Crippen MR) is 84.1 cm³/mol. The molecule has 108 valence electrons. The molecule has 2 aromatic rings. The predicted octanol–water partition coefficient (Wildman–Crippen LogP) is 1.87. The molecule has 0 atom stereocenters. The molecule has 0 fully saturated rings. The summed E-state index contributed by atoms with van der Waals surface area (Å²) in [7, 11) is 1.78. The van der Waals surface area contributed by atoms with Gasteiger partial charge in [-0.25, -0.2) is 4.98 Å². The van der Waals surface area contributed by atoms with Gasteiger partial charge in [-0.3, -0.25) is 4.99 Å². The van der Waals surface area contributed by atoms with Crippen LogP contribution in [0, 0.1) is 0 Å². The molecule has 0 aliphatic rings. The first-order valence-corrected chi connectivity index (χ1v) is 7.68. The molecule has 0 amide bonds. The van der Waals surface area contributed by atoms with E-state index < -0.39 is 0 Å². The van der Waals surface area contributed by atoms with Crippen LogP contribution in [0.25, 0.3) is 0 Å². The van der Waals surface area contributed by atoms with Gasteiger partial charge in [0.15, 0.2) is 5.96 Å². The van der Waals surface area contributed by atoms with E-state index in [-0.39, 0.29) is 0 Å². The van der Waals surface area contributed by atoms with Crippen LogP contribution in [0.4, 0.5) is 0 Å². The Morgan fingerprint density at radius 3 is 2.80 bits per heavy atom. The summed E-state index contributed by atoms with van der Waals surface area (Å²) in [6.45, 7) is 4.59. The summed E-state index contributed by atoms with van der Waals surface area (Å²) in [4.78, 5) is 8.73. The normalized spacial score (nSPS) is 11.6. The zero-order chi connectivity index (χ0) is 14.2. The fourth-order valence-corrected chi connectivity index (χ4v) is 2.55. The van der Waals surface area contributed by atoms with Gasteiger partial charge in [0.05, 0.1) is 17.2 Å². The molecular formula is C14H21N5S. The highest BCUT2D eigenvalue weighted by molar-refractivity contribution is 7.09.